The average molecular weight is 242 g/mol. The first kappa shape index (κ1) is 16.5. The van der Waals surface area contributed by atoms with Gasteiger partial charge in [0.2, 0.25) is 0 Å². The average Bonchev–Trinajstić information content (AvgIpc) is 2.34. The summed E-state index contributed by atoms with van der Waals surface area (Å²) in [6.07, 6.45) is 11.4. The van der Waals surface area contributed by atoms with E-state index in [1.54, 1.807) is 0 Å². The molecule has 102 valence electrons. The molecular formula is C15H30O2. The third-order valence-electron chi connectivity index (χ3n) is 3.52. The van der Waals surface area contributed by atoms with Crippen LogP contribution in [0.5, 0.6) is 0 Å². The smallest absolute Gasteiger partial charge is 0.293 e. The van der Waals surface area contributed by atoms with E-state index in [-0.39, 0.29) is 5.41 Å². The van der Waals surface area contributed by atoms with Gasteiger partial charge >= 0.3 is 0 Å². The zero-order chi connectivity index (χ0) is 13.0. The van der Waals surface area contributed by atoms with E-state index in [2.05, 4.69) is 20.8 Å². The molecule has 0 amide bonds. The fraction of sp³-hybridized carbons (Fsp3) is 0.933. The first-order chi connectivity index (χ1) is 8.18. The largest absolute Gasteiger partial charge is 0.467 e. The normalized spacial score (nSPS) is 14.3. The van der Waals surface area contributed by atoms with Crippen LogP contribution in [-0.2, 0) is 9.53 Å². The molecule has 0 rings (SSSR count). The van der Waals surface area contributed by atoms with Crippen molar-refractivity contribution < 1.29 is 9.53 Å². The van der Waals surface area contributed by atoms with Crippen LogP contribution in [0.4, 0.5) is 0 Å². The Labute approximate surface area is 107 Å². The number of carbonyl (C=O) groups excluding carboxylic acids is 1. The van der Waals surface area contributed by atoms with Crippen LogP contribution >= 0.6 is 0 Å². The summed E-state index contributed by atoms with van der Waals surface area (Å²) in [4.78, 5) is 10.3. The van der Waals surface area contributed by atoms with Crippen molar-refractivity contribution in [1.82, 2.24) is 0 Å². The Morgan fingerprint density at radius 3 is 2.12 bits per heavy atom. The second kappa shape index (κ2) is 10.6. The molecule has 0 aliphatic carbocycles. The van der Waals surface area contributed by atoms with Gasteiger partial charge in [0.15, 0.2) is 0 Å². The standard InChI is InChI=1S/C15H30O2/c1-4-6-8-9-10-12-15(3,11-7-5-2)13-17-14-16/h14H,4-13H2,1-3H3. The van der Waals surface area contributed by atoms with Crippen molar-refractivity contribution in [3.63, 3.8) is 0 Å². The molecular weight excluding hydrogens is 212 g/mol. The Kier molecular flexibility index (Phi) is 10.3. The molecule has 17 heavy (non-hydrogen) atoms. The second-order valence-electron chi connectivity index (χ2n) is 5.49. The predicted molar refractivity (Wildman–Crippen MR) is 73.0 cm³/mol. The molecule has 1 unspecified atom stereocenters. The Hall–Kier alpha value is -0.530. The summed E-state index contributed by atoms with van der Waals surface area (Å²) >= 11 is 0. The van der Waals surface area contributed by atoms with E-state index in [0.717, 1.165) is 0 Å². The number of hydrogen-bond acceptors (Lipinski definition) is 2. The second-order valence-corrected chi connectivity index (χ2v) is 5.49. The monoisotopic (exact) mass is 242 g/mol. The molecule has 0 radical (unpaired) electrons. The van der Waals surface area contributed by atoms with Gasteiger partial charge in [-0.15, -0.1) is 0 Å². The molecule has 0 aromatic heterocycles. The van der Waals surface area contributed by atoms with Gasteiger partial charge in [-0.1, -0.05) is 65.7 Å². The maximum atomic E-state index is 10.3. The van der Waals surface area contributed by atoms with Crippen molar-refractivity contribution in [3.8, 4) is 0 Å². The molecule has 1 atom stereocenters. The highest BCUT2D eigenvalue weighted by molar-refractivity contribution is 5.36. The number of rotatable bonds is 12. The highest BCUT2D eigenvalue weighted by Gasteiger charge is 2.23. The van der Waals surface area contributed by atoms with Crippen molar-refractivity contribution in [3.05, 3.63) is 0 Å². The molecule has 0 N–H and O–H groups in total. The van der Waals surface area contributed by atoms with Crippen LogP contribution in [0, 0.1) is 5.41 Å². The fourth-order valence-electron chi connectivity index (χ4n) is 2.26. The van der Waals surface area contributed by atoms with Crippen LogP contribution in [0.25, 0.3) is 0 Å². The summed E-state index contributed by atoms with van der Waals surface area (Å²) in [5, 5.41) is 0. The van der Waals surface area contributed by atoms with Gasteiger partial charge in [0.05, 0.1) is 6.61 Å². The Balaban J connectivity index is 3.86. The van der Waals surface area contributed by atoms with Crippen molar-refractivity contribution in [2.75, 3.05) is 6.61 Å². The van der Waals surface area contributed by atoms with Crippen LogP contribution < -0.4 is 0 Å². The molecule has 0 fully saturated rings. The molecule has 0 spiro atoms. The molecule has 0 aromatic carbocycles. The Morgan fingerprint density at radius 1 is 0.941 bits per heavy atom. The van der Waals surface area contributed by atoms with Crippen molar-refractivity contribution in [2.45, 2.75) is 78.6 Å². The number of carbonyl (C=O) groups is 1. The molecule has 0 aliphatic rings. The lowest BCUT2D eigenvalue weighted by molar-refractivity contribution is -0.132. The van der Waals surface area contributed by atoms with Gasteiger partial charge in [-0.05, 0) is 12.8 Å². The topological polar surface area (TPSA) is 26.3 Å². The van der Waals surface area contributed by atoms with Gasteiger partial charge in [-0.25, -0.2) is 0 Å². The lowest BCUT2D eigenvalue weighted by atomic mass is 9.81. The van der Waals surface area contributed by atoms with E-state index < -0.39 is 0 Å². The van der Waals surface area contributed by atoms with E-state index in [4.69, 9.17) is 4.74 Å². The molecule has 0 aliphatic heterocycles. The van der Waals surface area contributed by atoms with E-state index in [1.165, 1.54) is 57.8 Å². The number of ether oxygens (including phenoxy) is 1. The van der Waals surface area contributed by atoms with E-state index in [1.807, 2.05) is 0 Å². The summed E-state index contributed by atoms with van der Waals surface area (Å²) < 4.78 is 4.99. The molecule has 0 saturated heterocycles. The molecule has 0 bridgehead atoms. The molecule has 0 saturated carbocycles. The third-order valence-corrected chi connectivity index (χ3v) is 3.52. The summed E-state index contributed by atoms with van der Waals surface area (Å²) in [5.74, 6) is 0. The minimum absolute atomic E-state index is 0.198. The summed E-state index contributed by atoms with van der Waals surface area (Å²) in [7, 11) is 0. The molecule has 0 heterocycles. The van der Waals surface area contributed by atoms with Crippen LogP contribution in [0.2, 0.25) is 0 Å². The minimum Gasteiger partial charge on any atom is -0.467 e. The van der Waals surface area contributed by atoms with Gasteiger partial charge in [-0.3, -0.25) is 4.79 Å². The maximum absolute atomic E-state index is 10.3. The van der Waals surface area contributed by atoms with Gasteiger partial charge in [0.25, 0.3) is 6.47 Å². The van der Waals surface area contributed by atoms with Crippen LogP contribution in [0.3, 0.4) is 0 Å². The maximum Gasteiger partial charge on any atom is 0.293 e. The first-order valence-corrected chi connectivity index (χ1v) is 7.23. The van der Waals surface area contributed by atoms with E-state index in [0.29, 0.717) is 13.1 Å². The Bertz CT molecular complexity index is 180. The Morgan fingerprint density at radius 2 is 1.53 bits per heavy atom. The zero-order valence-electron chi connectivity index (χ0n) is 12.0. The predicted octanol–water partition coefficient (Wildman–Crippen LogP) is 4.72. The summed E-state index contributed by atoms with van der Waals surface area (Å²) in [6, 6.07) is 0. The van der Waals surface area contributed by atoms with Gasteiger partial charge in [-0.2, -0.15) is 0 Å². The van der Waals surface area contributed by atoms with Crippen LogP contribution in [0.1, 0.15) is 78.6 Å². The summed E-state index contributed by atoms with van der Waals surface area (Å²) in [5.41, 5.74) is 0.198. The number of hydrogen-bond donors (Lipinski definition) is 0. The summed E-state index contributed by atoms with van der Waals surface area (Å²) in [6.45, 7) is 7.88. The van der Waals surface area contributed by atoms with Gasteiger partial charge in [0.1, 0.15) is 0 Å². The first-order valence-electron chi connectivity index (χ1n) is 7.23. The van der Waals surface area contributed by atoms with Gasteiger partial charge in [0, 0.05) is 5.41 Å². The lowest BCUT2D eigenvalue weighted by Crippen LogP contribution is -2.23. The van der Waals surface area contributed by atoms with E-state index in [9.17, 15) is 4.79 Å². The number of unbranched alkanes of at least 4 members (excludes halogenated alkanes) is 5. The lowest BCUT2D eigenvalue weighted by Gasteiger charge is -2.28. The highest BCUT2D eigenvalue weighted by Crippen LogP contribution is 2.31. The van der Waals surface area contributed by atoms with Crippen molar-refractivity contribution in [1.29, 1.82) is 0 Å². The zero-order valence-corrected chi connectivity index (χ0v) is 12.0. The highest BCUT2D eigenvalue weighted by atomic mass is 16.5. The van der Waals surface area contributed by atoms with E-state index >= 15 is 0 Å². The van der Waals surface area contributed by atoms with Gasteiger partial charge < -0.3 is 4.74 Å². The molecule has 2 nitrogen and oxygen atoms in total. The quantitative estimate of drug-likeness (QED) is 0.366. The van der Waals surface area contributed by atoms with Crippen LogP contribution in [0.15, 0.2) is 0 Å². The SMILES string of the molecule is CCCCCCCC(C)(CCCC)COC=O. The molecule has 2 heteroatoms. The fourth-order valence-corrected chi connectivity index (χ4v) is 2.26. The third kappa shape index (κ3) is 9.20. The van der Waals surface area contributed by atoms with Crippen molar-refractivity contribution >= 4 is 6.47 Å². The van der Waals surface area contributed by atoms with Crippen molar-refractivity contribution in [2.24, 2.45) is 5.41 Å². The van der Waals surface area contributed by atoms with Crippen LogP contribution in [-0.4, -0.2) is 13.1 Å². The minimum atomic E-state index is 0.198. The molecule has 0 aromatic rings.